The van der Waals surface area contributed by atoms with Crippen LogP contribution in [0.15, 0.2) is 41.1 Å². The molecule has 0 fully saturated rings. The molecule has 0 aliphatic rings. The molecular formula is C14H16ClNS. The van der Waals surface area contributed by atoms with E-state index in [0.29, 0.717) is 0 Å². The Hall–Kier alpha value is -0.830. The minimum absolute atomic E-state index is 0.202. The van der Waals surface area contributed by atoms with Crippen LogP contribution in [0.4, 0.5) is 0 Å². The molecule has 0 saturated heterocycles. The van der Waals surface area contributed by atoms with Crippen molar-refractivity contribution >= 4 is 22.9 Å². The zero-order chi connectivity index (χ0) is 12.1. The monoisotopic (exact) mass is 265 g/mol. The molecule has 1 unspecified atom stereocenters. The van der Waals surface area contributed by atoms with Gasteiger partial charge in [-0.25, -0.2) is 0 Å². The van der Waals surface area contributed by atoms with Gasteiger partial charge in [0.25, 0.3) is 0 Å². The number of halogens is 1. The second-order valence-corrected chi connectivity index (χ2v) is 5.48. The molecule has 0 saturated carbocycles. The Kier molecular flexibility index (Phi) is 4.60. The predicted octanol–water partition coefficient (Wildman–Crippen LogP) is 3.90. The summed E-state index contributed by atoms with van der Waals surface area (Å²) in [5.41, 5.74) is 8.74. The van der Waals surface area contributed by atoms with Crippen molar-refractivity contribution in [3.8, 4) is 0 Å². The summed E-state index contributed by atoms with van der Waals surface area (Å²) >= 11 is 7.69. The number of hydrogen-bond acceptors (Lipinski definition) is 2. The molecule has 2 aromatic rings. The molecular weight excluding hydrogens is 250 g/mol. The van der Waals surface area contributed by atoms with Crippen molar-refractivity contribution in [1.82, 2.24) is 0 Å². The average Bonchev–Trinajstić information content (AvgIpc) is 2.79. The van der Waals surface area contributed by atoms with Gasteiger partial charge in [-0.1, -0.05) is 23.7 Å². The van der Waals surface area contributed by atoms with E-state index >= 15 is 0 Å². The molecule has 2 rings (SSSR count). The lowest BCUT2D eigenvalue weighted by molar-refractivity contribution is 0.611. The van der Waals surface area contributed by atoms with Gasteiger partial charge in [0.05, 0.1) is 0 Å². The molecule has 90 valence electrons. The zero-order valence-corrected chi connectivity index (χ0v) is 11.2. The Labute approximate surface area is 111 Å². The van der Waals surface area contributed by atoms with E-state index in [4.69, 9.17) is 17.3 Å². The van der Waals surface area contributed by atoms with Gasteiger partial charge in [-0.3, -0.25) is 0 Å². The fourth-order valence-corrected chi connectivity index (χ4v) is 2.77. The highest BCUT2D eigenvalue weighted by Gasteiger charge is 2.05. The average molecular weight is 266 g/mol. The van der Waals surface area contributed by atoms with Crippen LogP contribution in [0.5, 0.6) is 0 Å². The molecule has 0 radical (unpaired) electrons. The number of nitrogens with two attached hydrogens (primary N) is 1. The number of hydrogen-bond donors (Lipinski definition) is 1. The first-order valence-electron chi connectivity index (χ1n) is 5.75. The summed E-state index contributed by atoms with van der Waals surface area (Å²) in [4.78, 5) is 0. The highest BCUT2D eigenvalue weighted by atomic mass is 35.5. The van der Waals surface area contributed by atoms with Crippen LogP contribution in [0, 0.1) is 0 Å². The highest BCUT2D eigenvalue weighted by molar-refractivity contribution is 7.07. The quantitative estimate of drug-likeness (QED) is 0.872. The number of rotatable bonds is 5. The van der Waals surface area contributed by atoms with Crippen molar-refractivity contribution in [2.45, 2.75) is 25.3 Å². The summed E-state index contributed by atoms with van der Waals surface area (Å²) in [6.45, 7) is 0. The Morgan fingerprint density at radius 1 is 1.24 bits per heavy atom. The fraction of sp³-hybridized carbons (Fsp3) is 0.286. The minimum atomic E-state index is 0.202. The first kappa shape index (κ1) is 12.6. The van der Waals surface area contributed by atoms with Gasteiger partial charge in [-0.05, 0) is 59.3 Å². The van der Waals surface area contributed by atoms with Crippen LogP contribution >= 0.6 is 22.9 Å². The van der Waals surface area contributed by atoms with Gasteiger partial charge < -0.3 is 5.73 Å². The van der Waals surface area contributed by atoms with Gasteiger partial charge in [0.2, 0.25) is 0 Å². The Balaban J connectivity index is 1.83. The summed E-state index contributed by atoms with van der Waals surface area (Å²) < 4.78 is 0. The second-order valence-electron chi connectivity index (χ2n) is 4.26. The molecule has 0 spiro atoms. The van der Waals surface area contributed by atoms with E-state index in [-0.39, 0.29) is 6.04 Å². The summed E-state index contributed by atoms with van der Waals surface area (Å²) in [5.74, 6) is 0. The van der Waals surface area contributed by atoms with Crippen LogP contribution in [-0.4, -0.2) is 6.04 Å². The molecule has 1 heterocycles. The molecule has 1 atom stereocenters. The molecule has 0 aliphatic carbocycles. The molecule has 3 heteroatoms. The zero-order valence-electron chi connectivity index (χ0n) is 9.60. The van der Waals surface area contributed by atoms with Gasteiger partial charge in [-0.15, -0.1) is 0 Å². The highest BCUT2D eigenvalue weighted by Crippen LogP contribution is 2.14. The molecule has 1 nitrogen and oxygen atoms in total. The maximum atomic E-state index is 6.13. The minimum Gasteiger partial charge on any atom is -0.327 e. The van der Waals surface area contributed by atoms with Crippen molar-refractivity contribution in [1.29, 1.82) is 0 Å². The maximum Gasteiger partial charge on any atom is 0.0408 e. The SMILES string of the molecule is NC(CCc1ccsc1)Cc1cccc(Cl)c1. The van der Waals surface area contributed by atoms with E-state index in [1.165, 1.54) is 11.1 Å². The van der Waals surface area contributed by atoms with Crippen molar-refractivity contribution in [2.75, 3.05) is 0 Å². The van der Waals surface area contributed by atoms with Crippen molar-refractivity contribution in [3.05, 3.63) is 57.2 Å². The maximum absolute atomic E-state index is 6.13. The van der Waals surface area contributed by atoms with Crippen LogP contribution in [0.25, 0.3) is 0 Å². The number of benzene rings is 1. The van der Waals surface area contributed by atoms with E-state index in [0.717, 1.165) is 24.3 Å². The molecule has 0 amide bonds. The lowest BCUT2D eigenvalue weighted by Crippen LogP contribution is -2.23. The topological polar surface area (TPSA) is 26.0 Å². The van der Waals surface area contributed by atoms with Crippen molar-refractivity contribution in [3.63, 3.8) is 0 Å². The van der Waals surface area contributed by atoms with Crippen molar-refractivity contribution < 1.29 is 0 Å². The summed E-state index contributed by atoms with van der Waals surface area (Å²) in [6.07, 6.45) is 2.97. The molecule has 1 aromatic heterocycles. The van der Waals surface area contributed by atoms with E-state index in [1.807, 2.05) is 18.2 Å². The fourth-order valence-electron chi connectivity index (χ4n) is 1.86. The first-order valence-corrected chi connectivity index (χ1v) is 7.07. The van der Waals surface area contributed by atoms with Gasteiger partial charge >= 0.3 is 0 Å². The first-order chi connectivity index (χ1) is 8.24. The largest absolute Gasteiger partial charge is 0.327 e. The Bertz CT molecular complexity index is 453. The third-order valence-electron chi connectivity index (χ3n) is 2.77. The summed E-state index contributed by atoms with van der Waals surface area (Å²) in [6, 6.07) is 10.3. The van der Waals surface area contributed by atoms with Gasteiger partial charge in [0.15, 0.2) is 0 Å². The van der Waals surface area contributed by atoms with Gasteiger partial charge in [-0.2, -0.15) is 11.3 Å². The molecule has 0 bridgehead atoms. The normalized spacial score (nSPS) is 12.6. The van der Waals surface area contributed by atoms with E-state index < -0.39 is 0 Å². The molecule has 0 aliphatic heterocycles. The number of aryl methyl sites for hydroxylation is 1. The lowest BCUT2D eigenvalue weighted by atomic mass is 10.0. The van der Waals surface area contributed by atoms with Crippen LogP contribution < -0.4 is 5.73 Å². The smallest absolute Gasteiger partial charge is 0.0408 e. The van der Waals surface area contributed by atoms with Crippen LogP contribution in [0.2, 0.25) is 5.02 Å². The predicted molar refractivity (Wildman–Crippen MR) is 75.8 cm³/mol. The van der Waals surface area contributed by atoms with Crippen LogP contribution in [0.3, 0.4) is 0 Å². The lowest BCUT2D eigenvalue weighted by Gasteiger charge is -2.11. The third kappa shape index (κ3) is 4.15. The van der Waals surface area contributed by atoms with Crippen LogP contribution in [0.1, 0.15) is 17.5 Å². The van der Waals surface area contributed by atoms with Gasteiger partial charge in [0.1, 0.15) is 0 Å². The van der Waals surface area contributed by atoms with Gasteiger partial charge in [0, 0.05) is 11.1 Å². The molecule has 1 aromatic carbocycles. The number of thiophene rings is 1. The summed E-state index contributed by atoms with van der Waals surface area (Å²) in [7, 11) is 0. The van der Waals surface area contributed by atoms with E-state index in [1.54, 1.807) is 11.3 Å². The Morgan fingerprint density at radius 3 is 2.82 bits per heavy atom. The molecule has 2 N–H and O–H groups in total. The van der Waals surface area contributed by atoms with Crippen LogP contribution in [-0.2, 0) is 12.8 Å². The van der Waals surface area contributed by atoms with E-state index in [2.05, 4.69) is 22.9 Å². The Morgan fingerprint density at radius 2 is 2.12 bits per heavy atom. The second kappa shape index (κ2) is 6.20. The summed E-state index contributed by atoms with van der Waals surface area (Å²) in [5, 5.41) is 5.08. The van der Waals surface area contributed by atoms with Crippen molar-refractivity contribution in [2.24, 2.45) is 5.73 Å². The van der Waals surface area contributed by atoms with E-state index in [9.17, 15) is 0 Å². The standard InChI is InChI=1S/C14H16ClNS/c15-13-3-1-2-12(8-13)9-14(16)5-4-11-6-7-17-10-11/h1-3,6-8,10,14H,4-5,9,16H2. The molecule has 17 heavy (non-hydrogen) atoms. The third-order valence-corrected chi connectivity index (χ3v) is 3.74.